The van der Waals surface area contributed by atoms with E-state index in [0.717, 1.165) is 37.4 Å². The molecular weight excluding hydrogens is 288 g/mol. The first-order chi connectivity index (χ1) is 10.9. The van der Waals surface area contributed by atoms with Gasteiger partial charge in [-0.1, -0.05) is 34.1 Å². The minimum atomic E-state index is -0.472. The van der Waals surface area contributed by atoms with Crippen LogP contribution in [0.3, 0.4) is 0 Å². The van der Waals surface area contributed by atoms with Crippen LogP contribution in [0.1, 0.15) is 69.6 Å². The Morgan fingerprint density at radius 1 is 1.39 bits per heavy atom. The third-order valence-corrected chi connectivity index (χ3v) is 5.27. The third kappa shape index (κ3) is 4.66. The molecule has 0 bridgehead atoms. The summed E-state index contributed by atoms with van der Waals surface area (Å²) in [7, 11) is 0. The second-order valence-electron chi connectivity index (χ2n) is 7.24. The van der Waals surface area contributed by atoms with Crippen molar-refractivity contribution in [1.82, 2.24) is 9.97 Å². The summed E-state index contributed by atoms with van der Waals surface area (Å²) >= 11 is 0. The van der Waals surface area contributed by atoms with Gasteiger partial charge in [-0.05, 0) is 37.0 Å². The number of nitrogens with zero attached hydrogens (tertiary/aromatic N) is 2. The van der Waals surface area contributed by atoms with Gasteiger partial charge in [-0.15, -0.1) is 0 Å². The Hall–Kier alpha value is -1.65. The zero-order valence-corrected chi connectivity index (χ0v) is 14.8. The van der Waals surface area contributed by atoms with Crippen molar-refractivity contribution in [3.63, 3.8) is 0 Å². The van der Waals surface area contributed by atoms with E-state index in [4.69, 9.17) is 5.73 Å². The Morgan fingerprint density at radius 2 is 2.13 bits per heavy atom. The molecule has 23 heavy (non-hydrogen) atoms. The van der Waals surface area contributed by atoms with Crippen LogP contribution in [0.25, 0.3) is 0 Å². The number of nitrogens with one attached hydrogen (secondary N) is 1. The summed E-state index contributed by atoms with van der Waals surface area (Å²) in [6, 6.07) is 0.352. The molecule has 0 unspecified atom stereocenters. The number of amides is 1. The van der Waals surface area contributed by atoms with Gasteiger partial charge in [0.05, 0.1) is 5.56 Å². The van der Waals surface area contributed by atoms with Crippen molar-refractivity contribution in [3.8, 4) is 0 Å². The van der Waals surface area contributed by atoms with Gasteiger partial charge in [-0.2, -0.15) is 0 Å². The van der Waals surface area contributed by atoms with E-state index in [1.807, 2.05) is 0 Å². The van der Waals surface area contributed by atoms with Gasteiger partial charge in [0.1, 0.15) is 11.6 Å². The summed E-state index contributed by atoms with van der Waals surface area (Å²) in [5, 5.41) is 3.46. The highest BCUT2D eigenvalue weighted by Gasteiger charge is 2.26. The molecular formula is C18H30N4O. The molecule has 1 aromatic rings. The lowest BCUT2D eigenvalue weighted by molar-refractivity contribution is 0.1000. The zero-order valence-electron chi connectivity index (χ0n) is 14.8. The Labute approximate surface area is 139 Å². The Bertz CT molecular complexity index is 546. The lowest BCUT2D eigenvalue weighted by Crippen LogP contribution is -2.32. The smallest absolute Gasteiger partial charge is 0.254 e. The van der Waals surface area contributed by atoms with E-state index in [9.17, 15) is 4.79 Å². The van der Waals surface area contributed by atoms with E-state index in [1.165, 1.54) is 6.42 Å². The molecule has 0 aromatic carbocycles. The van der Waals surface area contributed by atoms with Crippen molar-refractivity contribution in [3.05, 3.63) is 17.6 Å². The fourth-order valence-electron chi connectivity index (χ4n) is 3.14. The fourth-order valence-corrected chi connectivity index (χ4v) is 3.14. The molecule has 1 heterocycles. The van der Waals surface area contributed by atoms with Crippen LogP contribution in [-0.2, 0) is 6.42 Å². The SMILES string of the molecule is CC[C@H](C)Cc1ncc(C(N)=O)c(N[C@@H]2CC[C@@H](C)[C@H](C)C2)n1. The maximum atomic E-state index is 11.7. The van der Waals surface area contributed by atoms with Crippen molar-refractivity contribution in [2.75, 3.05) is 5.32 Å². The predicted octanol–water partition coefficient (Wildman–Crippen LogP) is 3.40. The maximum Gasteiger partial charge on any atom is 0.254 e. The van der Waals surface area contributed by atoms with Crippen molar-refractivity contribution in [2.24, 2.45) is 23.5 Å². The van der Waals surface area contributed by atoms with Crippen LogP contribution in [0.2, 0.25) is 0 Å². The quantitative estimate of drug-likeness (QED) is 0.842. The van der Waals surface area contributed by atoms with Crippen LogP contribution in [0.4, 0.5) is 5.82 Å². The molecule has 3 N–H and O–H groups in total. The molecule has 5 nitrogen and oxygen atoms in total. The summed E-state index contributed by atoms with van der Waals surface area (Å²) in [5.41, 5.74) is 5.88. The van der Waals surface area contributed by atoms with E-state index in [-0.39, 0.29) is 0 Å². The minimum Gasteiger partial charge on any atom is -0.367 e. The first-order valence-electron chi connectivity index (χ1n) is 8.82. The summed E-state index contributed by atoms with van der Waals surface area (Å²) in [4.78, 5) is 20.6. The molecule has 4 atom stereocenters. The fraction of sp³-hybridized carbons (Fsp3) is 0.722. The van der Waals surface area contributed by atoms with Gasteiger partial charge in [0.15, 0.2) is 0 Å². The Morgan fingerprint density at radius 3 is 2.74 bits per heavy atom. The van der Waals surface area contributed by atoms with Crippen LogP contribution in [-0.4, -0.2) is 21.9 Å². The molecule has 1 amide bonds. The number of rotatable bonds is 6. The van der Waals surface area contributed by atoms with Gasteiger partial charge in [0.2, 0.25) is 0 Å². The molecule has 128 valence electrons. The second-order valence-corrected chi connectivity index (χ2v) is 7.24. The lowest BCUT2D eigenvalue weighted by atomic mass is 9.79. The van der Waals surface area contributed by atoms with E-state index in [0.29, 0.717) is 29.3 Å². The van der Waals surface area contributed by atoms with Gasteiger partial charge < -0.3 is 11.1 Å². The van der Waals surface area contributed by atoms with Crippen molar-refractivity contribution in [1.29, 1.82) is 0 Å². The molecule has 2 rings (SSSR count). The van der Waals surface area contributed by atoms with Crippen molar-refractivity contribution in [2.45, 2.75) is 65.8 Å². The second kappa shape index (κ2) is 7.75. The Kier molecular flexibility index (Phi) is 5.97. The molecule has 1 aliphatic rings. The number of primary amides is 1. The molecule has 0 aliphatic heterocycles. The van der Waals surface area contributed by atoms with E-state index in [1.54, 1.807) is 6.20 Å². The predicted molar refractivity (Wildman–Crippen MR) is 93.3 cm³/mol. The van der Waals surface area contributed by atoms with Crippen molar-refractivity contribution < 1.29 is 4.79 Å². The monoisotopic (exact) mass is 318 g/mol. The molecule has 0 spiro atoms. The Balaban J connectivity index is 2.17. The molecule has 1 aromatic heterocycles. The molecule has 1 aliphatic carbocycles. The highest BCUT2D eigenvalue weighted by atomic mass is 16.1. The molecule has 0 saturated heterocycles. The lowest BCUT2D eigenvalue weighted by Gasteiger charge is -2.33. The van der Waals surface area contributed by atoms with E-state index >= 15 is 0 Å². The van der Waals surface area contributed by atoms with E-state index in [2.05, 4.69) is 43.0 Å². The average Bonchev–Trinajstić information content (AvgIpc) is 2.50. The minimum absolute atomic E-state index is 0.352. The summed E-state index contributed by atoms with van der Waals surface area (Å²) in [6.07, 6.45) is 6.89. The van der Waals surface area contributed by atoms with Crippen LogP contribution in [0, 0.1) is 17.8 Å². The number of carbonyl (C=O) groups excluding carboxylic acids is 1. The third-order valence-electron chi connectivity index (χ3n) is 5.27. The maximum absolute atomic E-state index is 11.7. The first-order valence-corrected chi connectivity index (χ1v) is 8.82. The van der Waals surface area contributed by atoms with Crippen molar-refractivity contribution >= 4 is 11.7 Å². The van der Waals surface area contributed by atoms with Crippen LogP contribution in [0.5, 0.6) is 0 Å². The standard InChI is InChI=1S/C18H30N4O/c1-5-11(2)8-16-20-10-15(17(19)23)18(22-16)21-14-7-6-12(3)13(4)9-14/h10-14H,5-9H2,1-4H3,(H2,19,23)(H,20,21,22)/t11-,12+,13+,14+/m0/s1. The summed E-state index contributed by atoms with van der Waals surface area (Å²) in [6.45, 7) is 8.95. The topological polar surface area (TPSA) is 80.9 Å². The highest BCUT2D eigenvalue weighted by molar-refractivity contribution is 5.97. The first kappa shape index (κ1) is 17.7. The van der Waals surface area contributed by atoms with Gasteiger partial charge in [-0.25, -0.2) is 9.97 Å². The summed E-state index contributed by atoms with van der Waals surface area (Å²) < 4.78 is 0. The van der Waals surface area contributed by atoms with Gasteiger partial charge >= 0.3 is 0 Å². The number of hydrogen-bond acceptors (Lipinski definition) is 4. The number of anilines is 1. The largest absolute Gasteiger partial charge is 0.367 e. The zero-order chi connectivity index (χ0) is 17.0. The highest BCUT2D eigenvalue weighted by Crippen LogP contribution is 2.31. The average molecular weight is 318 g/mol. The van der Waals surface area contributed by atoms with Crippen LogP contribution in [0.15, 0.2) is 6.20 Å². The molecule has 1 fully saturated rings. The van der Waals surface area contributed by atoms with Gasteiger partial charge in [-0.3, -0.25) is 4.79 Å². The number of hydrogen-bond donors (Lipinski definition) is 2. The van der Waals surface area contributed by atoms with Crippen LogP contribution < -0.4 is 11.1 Å². The number of aromatic nitrogens is 2. The number of carbonyl (C=O) groups is 1. The number of nitrogens with two attached hydrogens (primary N) is 1. The summed E-state index contributed by atoms with van der Waals surface area (Å²) in [5.74, 6) is 2.88. The normalized spacial score (nSPS) is 25.8. The van der Waals surface area contributed by atoms with Gasteiger partial charge in [0.25, 0.3) is 5.91 Å². The van der Waals surface area contributed by atoms with Crippen LogP contribution >= 0.6 is 0 Å². The molecule has 1 saturated carbocycles. The molecule has 5 heteroatoms. The van der Waals surface area contributed by atoms with Gasteiger partial charge in [0, 0.05) is 18.7 Å². The molecule has 0 radical (unpaired) electrons. The van der Waals surface area contributed by atoms with E-state index < -0.39 is 5.91 Å².